The molecule has 0 bridgehead atoms. The molecule has 3 rings (SSSR count). The highest BCUT2D eigenvalue weighted by Gasteiger charge is 2.15. The van der Waals surface area contributed by atoms with Gasteiger partial charge in [-0.25, -0.2) is 13.2 Å². The van der Waals surface area contributed by atoms with Crippen LogP contribution in [-0.4, -0.2) is 15.5 Å². The van der Waals surface area contributed by atoms with E-state index in [-0.39, 0.29) is 4.90 Å². The number of hydrogen-bond donors (Lipinski definition) is 1. The van der Waals surface area contributed by atoms with Gasteiger partial charge in [-0.2, -0.15) is 0 Å². The Bertz CT molecular complexity index is 1040. The summed E-state index contributed by atoms with van der Waals surface area (Å²) in [7, 11) is -2.18. The molecule has 0 aliphatic heterocycles. The van der Waals surface area contributed by atoms with Gasteiger partial charge in [0.1, 0.15) is 5.58 Å². The molecule has 1 aromatic heterocycles. The zero-order valence-electron chi connectivity index (χ0n) is 12.9. The van der Waals surface area contributed by atoms with Gasteiger partial charge in [-0.15, -0.1) is 0 Å². The minimum absolute atomic E-state index is 0.0843. The van der Waals surface area contributed by atoms with E-state index in [1.165, 1.54) is 30.3 Å². The summed E-state index contributed by atoms with van der Waals surface area (Å²) in [6, 6.07) is 14.1. The van der Waals surface area contributed by atoms with Gasteiger partial charge in [-0.3, -0.25) is 4.72 Å². The van der Waals surface area contributed by atoms with Gasteiger partial charge in [0.05, 0.1) is 11.5 Å². The Morgan fingerprint density at radius 3 is 2.71 bits per heavy atom. The van der Waals surface area contributed by atoms with Gasteiger partial charge in [0.25, 0.3) is 10.0 Å². The van der Waals surface area contributed by atoms with Crippen LogP contribution in [0.15, 0.2) is 68.7 Å². The van der Waals surface area contributed by atoms with E-state index in [9.17, 15) is 13.2 Å². The zero-order chi connectivity index (χ0) is 17.2. The van der Waals surface area contributed by atoms with Crippen molar-refractivity contribution >= 4 is 26.7 Å². The van der Waals surface area contributed by atoms with E-state index in [0.29, 0.717) is 23.3 Å². The minimum Gasteiger partial charge on any atom is -0.423 e. The van der Waals surface area contributed by atoms with Gasteiger partial charge in [0, 0.05) is 24.2 Å². The zero-order valence-corrected chi connectivity index (χ0v) is 13.7. The lowest BCUT2D eigenvalue weighted by atomic mass is 10.2. The van der Waals surface area contributed by atoms with Crippen molar-refractivity contribution in [2.24, 2.45) is 0 Å². The van der Waals surface area contributed by atoms with Crippen molar-refractivity contribution in [3.05, 3.63) is 70.6 Å². The van der Waals surface area contributed by atoms with Crippen molar-refractivity contribution in [3.63, 3.8) is 0 Å². The van der Waals surface area contributed by atoms with Crippen LogP contribution in [0.25, 0.3) is 11.0 Å². The number of methoxy groups -OCH3 is 1. The van der Waals surface area contributed by atoms with Crippen molar-refractivity contribution in [2.75, 3.05) is 11.8 Å². The molecule has 1 N–H and O–H groups in total. The van der Waals surface area contributed by atoms with Gasteiger partial charge < -0.3 is 9.15 Å². The summed E-state index contributed by atoms with van der Waals surface area (Å²) in [6.45, 7) is 0.393. The lowest BCUT2D eigenvalue weighted by molar-refractivity contribution is 0.185. The molecule has 124 valence electrons. The Morgan fingerprint density at radius 2 is 1.92 bits per heavy atom. The lowest BCUT2D eigenvalue weighted by Gasteiger charge is -2.10. The summed E-state index contributed by atoms with van der Waals surface area (Å²) in [4.78, 5) is 11.3. The van der Waals surface area contributed by atoms with Gasteiger partial charge in [0.2, 0.25) is 0 Å². The number of hydrogen-bond acceptors (Lipinski definition) is 5. The Kier molecular flexibility index (Phi) is 4.37. The number of nitrogens with one attached hydrogen (secondary N) is 1. The van der Waals surface area contributed by atoms with E-state index in [4.69, 9.17) is 9.15 Å². The van der Waals surface area contributed by atoms with E-state index in [1.54, 1.807) is 25.3 Å². The van der Waals surface area contributed by atoms with Crippen LogP contribution in [-0.2, 0) is 21.4 Å². The quantitative estimate of drug-likeness (QED) is 0.719. The monoisotopic (exact) mass is 345 g/mol. The molecule has 0 fully saturated rings. The van der Waals surface area contributed by atoms with Crippen molar-refractivity contribution in [2.45, 2.75) is 11.5 Å². The van der Waals surface area contributed by atoms with Crippen LogP contribution in [0.2, 0.25) is 0 Å². The second kappa shape index (κ2) is 6.46. The molecular weight excluding hydrogens is 330 g/mol. The van der Waals surface area contributed by atoms with Crippen LogP contribution in [0.4, 0.5) is 5.69 Å². The summed E-state index contributed by atoms with van der Waals surface area (Å²) in [6.07, 6.45) is 0. The number of ether oxygens (including phenoxy) is 1. The van der Waals surface area contributed by atoms with Gasteiger partial charge >= 0.3 is 5.63 Å². The molecule has 0 amide bonds. The fourth-order valence-corrected chi connectivity index (χ4v) is 3.41. The first-order valence-electron chi connectivity index (χ1n) is 7.12. The first-order valence-corrected chi connectivity index (χ1v) is 8.61. The molecule has 24 heavy (non-hydrogen) atoms. The molecule has 2 aromatic carbocycles. The Balaban J connectivity index is 1.94. The predicted molar refractivity (Wildman–Crippen MR) is 90.4 cm³/mol. The molecule has 7 heteroatoms. The van der Waals surface area contributed by atoms with Crippen LogP contribution in [0, 0.1) is 0 Å². The van der Waals surface area contributed by atoms with Crippen LogP contribution in [0.1, 0.15) is 5.56 Å². The Morgan fingerprint density at radius 1 is 1.08 bits per heavy atom. The largest absolute Gasteiger partial charge is 0.423 e. The Labute approximate surface area is 138 Å². The second-order valence-corrected chi connectivity index (χ2v) is 6.88. The number of sulfonamides is 1. The number of rotatable bonds is 5. The Hall–Kier alpha value is -2.64. The summed E-state index contributed by atoms with van der Waals surface area (Å²) in [5, 5.41) is 0.533. The molecule has 0 spiro atoms. The molecule has 0 saturated heterocycles. The highest BCUT2D eigenvalue weighted by Crippen LogP contribution is 2.21. The molecule has 0 radical (unpaired) electrons. The summed E-state index contributed by atoms with van der Waals surface area (Å²) >= 11 is 0. The molecule has 0 aliphatic rings. The average molecular weight is 345 g/mol. The maximum Gasteiger partial charge on any atom is 0.336 e. The lowest BCUT2D eigenvalue weighted by Crippen LogP contribution is -2.13. The van der Waals surface area contributed by atoms with Crippen molar-refractivity contribution < 1.29 is 17.6 Å². The van der Waals surface area contributed by atoms with E-state index in [2.05, 4.69) is 4.72 Å². The van der Waals surface area contributed by atoms with Crippen LogP contribution < -0.4 is 10.3 Å². The normalized spacial score (nSPS) is 11.5. The van der Waals surface area contributed by atoms with Crippen molar-refractivity contribution in [3.8, 4) is 0 Å². The topological polar surface area (TPSA) is 85.6 Å². The highest BCUT2D eigenvalue weighted by molar-refractivity contribution is 7.92. The molecule has 1 heterocycles. The molecule has 3 aromatic rings. The SMILES string of the molecule is COCc1cccc(NS(=O)(=O)c2ccc3oc(=O)ccc3c2)c1. The summed E-state index contributed by atoms with van der Waals surface area (Å²) in [5.74, 6) is 0. The number of benzene rings is 2. The van der Waals surface area contributed by atoms with E-state index in [0.717, 1.165) is 5.56 Å². The molecular formula is C17H15NO5S. The fourth-order valence-electron chi connectivity index (χ4n) is 2.32. The van der Waals surface area contributed by atoms with Gasteiger partial charge in [-0.1, -0.05) is 12.1 Å². The molecule has 6 nitrogen and oxygen atoms in total. The first-order chi connectivity index (χ1) is 11.5. The van der Waals surface area contributed by atoms with Crippen LogP contribution in [0.3, 0.4) is 0 Å². The standard InChI is InChI=1S/C17H15NO5S/c1-22-11-12-3-2-4-14(9-12)18-24(20,21)15-6-7-16-13(10-15)5-8-17(19)23-16/h2-10,18H,11H2,1H3. The molecule has 0 saturated carbocycles. The van der Waals surface area contributed by atoms with Crippen molar-refractivity contribution in [1.29, 1.82) is 0 Å². The summed E-state index contributed by atoms with van der Waals surface area (Å²) in [5.41, 5.74) is 1.16. The first kappa shape index (κ1) is 16.2. The predicted octanol–water partition coefficient (Wildman–Crippen LogP) is 2.74. The van der Waals surface area contributed by atoms with Crippen molar-refractivity contribution in [1.82, 2.24) is 0 Å². The fraction of sp³-hybridized carbons (Fsp3) is 0.118. The molecule has 0 aliphatic carbocycles. The maximum absolute atomic E-state index is 12.5. The third-order valence-electron chi connectivity index (χ3n) is 3.39. The molecule has 0 atom stereocenters. The third-order valence-corrected chi connectivity index (χ3v) is 4.77. The van der Waals surface area contributed by atoms with Crippen LogP contribution >= 0.6 is 0 Å². The van der Waals surface area contributed by atoms with E-state index < -0.39 is 15.6 Å². The minimum atomic E-state index is -3.76. The maximum atomic E-state index is 12.5. The highest BCUT2D eigenvalue weighted by atomic mass is 32.2. The number of fused-ring (bicyclic) bond motifs is 1. The van der Waals surface area contributed by atoms with E-state index in [1.807, 2.05) is 6.07 Å². The third kappa shape index (κ3) is 3.47. The smallest absolute Gasteiger partial charge is 0.336 e. The van der Waals surface area contributed by atoms with Gasteiger partial charge in [-0.05, 0) is 42.0 Å². The van der Waals surface area contributed by atoms with E-state index >= 15 is 0 Å². The number of anilines is 1. The van der Waals surface area contributed by atoms with Crippen LogP contribution in [0.5, 0.6) is 0 Å². The summed E-state index contributed by atoms with van der Waals surface area (Å²) < 4.78 is 37.7. The molecule has 0 unspecified atom stereocenters. The second-order valence-electron chi connectivity index (χ2n) is 5.19. The van der Waals surface area contributed by atoms with Gasteiger partial charge in [0.15, 0.2) is 0 Å². The average Bonchev–Trinajstić information content (AvgIpc) is 2.54.